The molecular formula is C11H11I. The molecule has 0 spiro atoms. The summed E-state index contributed by atoms with van der Waals surface area (Å²) in [6, 6.07) is 8.60. The van der Waals surface area contributed by atoms with E-state index in [1.807, 2.05) is 6.92 Å². The van der Waals surface area contributed by atoms with Crippen molar-refractivity contribution in [2.24, 2.45) is 0 Å². The summed E-state index contributed by atoms with van der Waals surface area (Å²) < 4.78 is 1.29. The minimum absolute atomic E-state index is 0.969. The van der Waals surface area contributed by atoms with Crippen LogP contribution in [-0.4, -0.2) is 0 Å². The first kappa shape index (κ1) is 9.60. The van der Waals surface area contributed by atoms with E-state index in [9.17, 15) is 0 Å². The van der Waals surface area contributed by atoms with Crippen LogP contribution in [0.2, 0.25) is 0 Å². The Hall–Kier alpha value is -0.490. The first-order valence-corrected chi connectivity index (χ1v) is 5.05. The summed E-state index contributed by atoms with van der Waals surface area (Å²) in [6.45, 7) is 1.88. The van der Waals surface area contributed by atoms with E-state index in [4.69, 9.17) is 0 Å². The summed E-state index contributed by atoms with van der Waals surface area (Å²) in [4.78, 5) is 0. The fraction of sp³-hybridized carbons (Fsp3) is 0.273. The molecule has 0 heterocycles. The van der Waals surface area contributed by atoms with Gasteiger partial charge in [0.05, 0.1) is 0 Å². The van der Waals surface area contributed by atoms with Crippen LogP contribution in [-0.2, 0) is 6.42 Å². The average molecular weight is 270 g/mol. The Labute approximate surface area is 87.5 Å². The van der Waals surface area contributed by atoms with Gasteiger partial charge in [-0.25, -0.2) is 0 Å². The molecule has 0 radical (unpaired) electrons. The normalized spacial score (nSPS) is 8.83. The van der Waals surface area contributed by atoms with E-state index >= 15 is 0 Å². The van der Waals surface area contributed by atoms with Crippen LogP contribution in [0.4, 0.5) is 0 Å². The summed E-state index contributed by atoms with van der Waals surface area (Å²) in [7, 11) is 0. The third kappa shape index (κ3) is 3.27. The Balaban J connectivity index is 2.51. The van der Waals surface area contributed by atoms with Crippen molar-refractivity contribution in [2.45, 2.75) is 19.8 Å². The van der Waals surface area contributed by atoms with E-state index in [2.05, 4.69) is 58.7 Å². The zero-order valence-electron chi connectivity index (χ0n) is 7.10. The van der Waals surface area contributed by atoms with Crippen LogP contribution in [0.15, 0.2) is 24.3 Å². The second-order valence-electron chi connectivity index (χ2n) is 2.55. The molecule has 12 heavy (non-hydrogen) atoms. The van der Waals surface area contributed by atoms with Crippen molar-refractivity contribution in [1.29, 1.82) is 0 Å². The standard InChI is InChI=1S/C11H11I/c1-2-3-4-5-10-6-8-11(12)9-7-10/h6-9H,4-5H2,1H3. The monoisotopic (exact) mass is 270 g/mol. The van der Waals surface area contributed by atoms with E-state index in [1.165, 1.54) is 9.13 Å². The Morgan fingerprint density at radius 2 is 1.92 bits per heavy atom. The van der Waals surface area contributed by atoms with Gasteiger partial charge in [0.1, 0.15) is 0 Å². The summed E-state index contributed by atoms with van der Waals surface area (Å²) in [6.07, 6.45) is 2.04. The number of rotatable bonds is 2. The zero-order chi connectivity index (χ0) is 8.81. The van der Waals surface area contributed by atoms with E-state index in [-0.39, 0.29) is 0 Å². The SMILES string of the molecule is CC#CCCc1ccc(I)cc1. The lowest BCUT2D eigenvalue weighted by molar-refractivity contribution is 1.03. The Bertz CT molecular complexity index is 287. The van der Waals surface area contributed by atoms with E-state index in [0.717, 1.165) is 12.8 Å². The quantitative estimate of drug-likeness (QED) is 0.571. The topological polar surface area (TPSA) is 0 Å². The molecule has 0 unspecified atom stereocenters. The van der Waals surface area contributed by atoms with E-state index in [1.54, 1.807) is 0 Å². The van der Waals surface area contributed by atoms with Crippen molar-refractivity contribution in [2.75, 3.05) is 0 Å². The lowest BCUT2D eigenvalue weighted by Gasteiger charge is -1.96. The van der Waals surface area contributed by atoms with Crippen LogP contribution in [0.5, 0.6) is 0 Å². The number of benzene rings is 1. The van der Waals surface area contributed by atoms with Crippen LogP contribution < -0.4 is 0 Å². The molecule has 0 fully saturated rings. The van der Waals surface area contributed by atoms with Gasteiger partial charge in [-0.2, -0.15) is 0 Å². The van der Waals surface area contributed by atoms with Gasteiger partial charge in [-0.3, -0.25) is 0 Å². The number of hydrogen-bond donors (Lipinski definition) is 0. The number of aryl methyl sites for hydroxylation is 1. The van der Waals surface area contributed by atoms with Crippen molar-refractivity contribution < 1.29 is 0 Å². The highest BCUT2D eigenvalue weighted by atomic mass is 127. The third-order valence-electron chi connectivity index (χ3n) is 1.63. The van der Waals surface area contributed by atoms with E-state index in [0.29, 0.717) is 0 Å². The highest BCUT2D eigenvalue weighted by molar-refractivity contribution is 14.1. The van der Waals surface area contributed by atoms with Gasteiger partial charge in [0.2, 0.25) is 0 Å². The Kier molecular flexibility index (Phi) is 4.16. The molecule has 0 aromatic heterocycles. The molecule has 62 valence electrons. The fourth-order valence-electron chi connectivity index (χ4n) is 0.983. The predicted octanol–water partition coefficient (Wildman–Crippen LogP) is 3.25. The van der Waals surface area contributed by atoms with Crippen LogP contribution in [0, 0.1) is 15.4 Å². The van der Waals surface area contributed by atoms with Gasteiger partial charge in [-0.1, -0.05) is 12.1 Å². The molecule has 1 aromatic rings. The van der Waals surface area contributed by atoms with Crippen molar-refractivity contribution >= 4 is 22.6 Å². The molecule has 0 nitrogen and oxygen atoms in total. The number of halogens is 1. The molecule has 0 amide bonds. The van der Waals surface area contributed by atoms with Crippen LogP contribution in [0.25, 0.3) is 0 Å². The van der Waals surface area contributed by atoms with Gasteiger partial charge in [-0.15, -0.1) is 11.8 Å². The maximum atomic E-state index is 3.06. The lowest BCUT2D eigenvalue weighted by Crippen LogP contribution is -1.82. The first-order chi connectivity index (χ1) is 5.83. The van der Waals surface area contributed by atoms with Gasteiger partial charge in [0, 0.05) is 9.99 Å². The fourth-order valence-corrected chi connectivity index (χ4v) is 1.34. The van der Waals surface area contributed by atoms with Crippen LogP contribution >= 0.6 is 22.6 Å². The van der Waals surface area contributed by atoms with Gasteiger partial charge < -0.3 is 0 Å². The highest BCUT2D eigenvalue weighted by Crippen LogP contribution is 2.07. The molecule has 0 saturated heterocycles. The second-order valence-corrected chi connectivity index (χ2v) is 3.80. The first-order valence-electron chi connectivity index (χ1n) is 3.97. The molecule has 0 aliphatic heterocycles. The molecule has 0 N–H and O–H groups in total. The molecule has 0 aliphatic carbocycles. The molecule has 1 heteroatoms. The van der Waals surface area contributed by atoms with Crippen LogP contribution in [0.1, 0.15) is 18.9 Å². The van der Waals surface area contributed by atoms with Gasteiger partial charge in [0.25, 0.3) is 0 Å². The molecule has 1 aromatic carbocycles. The zero-order valence-corrected chi connectivity index (χ0v) is 9.26. The smallest absolute Gasteiger partial charge is 0.0130 e. The largest absolute Gasteiger partial charge is 0.107 e. The molecule has 0 aliphatic rings. The highest BCUT2D eigenvalue weighted by Gasteiger charge is 1.90. The minimum atomic E-state index is 0.969. The van der Waals surface area contributed by atoms with E-state index < -0.39 is 0 Å². The van der Waals surface area contributed by atoms with Gasteiger partial charge >= 0.3 is 0 Å². The molecular weight excluding hydrogens is 259 g/mol. The molecule has 0 atom stereocenters. The third-order valence-corrected chi connectivity index (χ3v) is 2.35. The second kappa shape index (κ2) is 5.21. The van der Waals surface area contributed by atoms with Gasteiger partial charge in [-0.05, 0) is 53.6 Å². The maximum absolute atomic E-state index is 3.06. The average Bonchev–Trinajstić information content (AvgIpc) is 2.09. The van der Waals surface area contributed by atoms with Crippen LogP contribution in [0.3, 0.4) is 0 Å². The van der Waals surface area contributed by atoms with Gasteiger partial charge in [0.15, 0.2) is 0 Å². The summed E-state index contributed by atoms with van der Waals surface area (Å²) in [5.41, 5.74) is 1.37. The lowest BCUT2D eigenvalue weighted by atomic mass is 10.1. The predicted molar refractivity (Wildman–Crippen MR) is 60.9 cm³/mol. The Morgan fingerprint density at radius 3 is 2.50 bits per heavy atom. The van der Waals surface area contributed by atoms with Crippen molar-refractivity contribution in [1.82, 2.24) is 0 Å². The molecule has 0 bridgehead atoms. The molecule has 0 saturated carbocycles. The van der Waals surface area contributed by atoms with Crippen molar-refractivity contribution in [3.63, 3.8) is 0 Å². The maximum Gasteiger partial charge on any atom is 0.0130 e. The minimum Gasteiger partial charge on any atom is -0.107 e. The summed E-state index contributed by atoms with van der Waals surface area (Å²) in [5.74, 6) is 5.96. The summed E-state index contributed by atoms with van der Waals surface area (Å²) >= 11 is 2.31. The summed E-state index contributed by atoms with van der Waals surface area (Å²) in [5, 5.41) is 0. The molecule has 1 rings (SSSR count). The van der Waals surface area contributed by atoms with Crippen molar-refractivity contribution in [3.8, 4) is 11.8 Å². The number of hydrogen-bond acceptors (Lipinski definition) is 0. The Morgan fingerprint density at radius 1 is 1.25 bits per heavy atom. The van der Waals surface area contributed by atoms with Crippen molar-refractivity contribution in [3.05, 3.63) is 33.4 Å².